The van der Waals surface area contributed by atoms with Crippen molar-refractivity contribution in [3.05, 3.63) is 65.5 Å². The van der Waals surface area contributed by atoms with Gasteiger partial charge in [0.05, 0.1) is 17.5 Å². The Morgan fingerprint density at radius 1 is 1.19 bits per heavy atom. The van der Waals surface area contributed by atoms with Crippen molar-refractivity contribution in [3.8, 4) is 0 Å². The van der Waals surface area contributed by atoms with Gasteiger partial charge in [0, 0.05) is 18.9 Å². The van der Waals surface area contributed by atoms with Gasteiger partial charge in [0.25, 0.3) is 0 Å². The van der Waals surface area contributed by atoms with E-state index in [1.807, 2.05) is 11.0 Å². The van der Waals surface area contributed by atoms with Crippen LogP contribution < -0.4 is 0 Å². The molecule has 0 aliphatic carbocycles. The Kier molecular flexibility index (Phi) is 5.27. The van der Waals surface area contributed by atoms with E-state index in [9.17, 15) is 23.1 Å². The van der Waals surface area contributed by atoms with E-state index < -0.39 is 23.6 Å². The number of aromatic nitrogens is 1. The quantitative estimate of drug-likeness (QED) is 0.891. The number of nitrogens with zero attached hydrogens (tertiary/aromatic N) is 2. The van der Waals surface area contributed by atoms with Crippen molar-refractivity contribution < 1.29 is 23.1 Å². The number of pyridine rings is 1. The van der Waals surface area contributed by atoms with Crippen LogP contribution in [0.1, 0.15) is 35.6 Å². The van der Waals surface area contributed by atoms with E-state index in [4.69, 9.17) is 0 Å². The monoisotopic (exact) mass is 364 g/mol. The second-order valence-electron chi connectivity index (χ2n) is 6.48. The molecule has 1 aliphatic heterocycles. The Bertz CT molecular complexity index is 748. The first kappa shape index (κ1) is 18.4. The predicted octanol–water partition coefficient (Wildman–Crippen LogP) is 3.99. The summed E-state index contributed by atoms with van der Waals surface area (Å²) in [5.41, 5.74) is 0.823. The highest BCUT2D eigenvalue weighted by Gasteiger charge is 2.33. The van der Waals surface area contributed by atoms with Crippen LogP contribution in [0.4, 0.5) is 13.2 Å². The van der Waals surface area contributed by atoms with Crippen LogP contribution in [0.3, 0.4) is 0 Å². The number of hydrogen-bond acceptors (Lipinski definition) is 3. The van der Waals surface area contributed by atoms with E-state index in [2.05, 4.69) is 4.98 Å². The molecule has 0 spiro atoms. The lowest BCUT2D eigenvalue weighted by molar-refractivity contribution is -0.144. The van der Waals surface area contributed by atoms with Crippen LogP contribution in [0, 0.1) is 5.92 Å². The van der Waals surface area contributed by atoms with Gasteiger partial charge in [-0.1, -0.05) is 18.2 Å². The number of halogens is 3. The molecule has 1 aromatic carbocycles. The van der Waals surface area contributed by atoms with Crippen LogP contribution in [-0.2, 0) is 11.0 Å². The summed E-state index contributed by atoms with van der Waals surface area (Å²) in [5, 5.41) is 9.34. The summed E-state index contributed by atoms with van der Waals surface area (Å²) in [6, 6.07) is 8.36. The van der Waals surface area contributed by atoms with Gasteiger partial charge in [-0.3, -0.25) is 14.7 Å². The van der Waals surface area contributed by atoms with Crippen molar-refractivity contribution in [3.63, 3.8) is 0 Å². The highest BCUT2D eigenvalue weighted by Crippen LogP contribution is 2.35. The molecule has 2 aromatic rings. The normalized spacial score (nSPS) is 19.9. The number of carboxylic acid groups (broad SMARTS) is 1. The van der Waals surface area contributed by atoms with Gasteiger partial charge < -0.3 is 5.11 Å². The summed E-state index contributed by atoms with van der Waals surface area (Å²) >= 11 is 0. The highest BCUT2D eigenvalue weighted by molar-refractivity contribution is 5.70. The number of rotatable bonds is 4. The van der Waals surface area contributed by atoms with Gasteiger partial charge in [-0.2, -0.15) is 13.2 Å². The Balaban J connectivity index is 1.95. The van der Waals surface area contributed by atoms with Crippen LogP contribution in [0.15, 0.2) is 48.8 Å². The molecule has 7 heteroatoms. The summed E-state index contributed by atoms with van der Waals surface area (Å²) < 4.78 is 38.6. The molecular formula is C19H19F3N2O2. The van der Waals surface area contributed by atoms with Crippen LogP contribution in [-0.4, -0.2) is 34.0 Å². The first-order valence-corrected chi connectivity index (χ1v) is 8.40. The molecule has 26 heavy (non-hydrogen) atoms. The summed E-state index contributed by atoms with van der Waals surface area (Å²) in [7, 11) is 0. The molecule has 1 N–H and O–H groups in total. The number of carbonyl (C=O) groups is 1. The SMILES string of the molecule is O=C(O)C1CCCN(C(c2ccc(C(F)(F)F)cc2)c2cccnc2)C1. The first-order valence-electron chi connectivity index (χ1n) is 8.40. The Morgan fingerprint density at radius 2 is 1.92 bits per heavy atom. The topological polar surface area (TPSA) is 53.4 Å². The van der Waals surface area contributed by atoms with E-state index in [1.54, 1.807) is 18.5 Å². The zero-order valence-electron chi connectivity index (χ0n) is 14.0. The number of hydrogen-bond donors (Lipinski definition) is 1. The second-order valence-corrected chi connectivity index (χ2v) is 6.48. The molecule has 0 saturated carbocycles. The van der Waals surface area contributed by atoms with Crippen molar-refractivity contribution in [2.75, 3.05) is 13.1 Å². The van der Waals surface area contributed by atoms with Gasteiger partial charge in [-0.05, 0) is 48.7 Å². The van der Waals surface area contributed by atoms with E-state index in [1.165, 1.54) is 12.1 Å². The Morgan fingerprint density at radius 3 is 2.50 bits per heavy atom. The minimum Gasteiger partial charge on any atom is -0.481 e. The van der Waals surface area contributed by atoms with E-state index >= 15 is 0 Å². The van der Waals surface area contributed by atoms with Gasteiger partial charge >= 0.3 is 12.1 Å². The average Bonchev–Trinajstić information content (AvgIpc) is 2.63. The van der Waals surface area contributed by atoms with Gasteiger partial charge in [0.1, 0.15) is 0 Å². The van der Waals surface area contributed by atoms with Gasteiger partial charge in [-0.25, -0.2) is 0 Å². The fourth-order valence-corrected chi connectivity index (χ4v) is 3.45. The van der Waals surface area contributed by atoms with Crippen LogP contribution in [0.2, 0.25) is 0 Å². The van der Waals surface area contributed by atoms with Crippen molar-refractivity contribution >= 4 is 5.97 Å². The van der Waals surface area contributed by atoms with Crippen molar-refractivity contribution in [2.24, 2.45) is 5.92 Å². The molecule has 1 fully saturated rings. The maximum absolute atomic E-state index is 12.9. The molecule has 1 aromatic heterocycles. The minimum absolute atomic E-state index is 0.326. The molecule has 2 heterocycles. The van der Waals surface area contributed by atoms with Crippen LogP contribution >= 0.6 is 0 Å². The molecule has 3 rings (SSSR count). The number of likely N-dealkylation sites (tertiary alicyclic amines) is 1. The van der Waals surface area contributed by atoms with Gasteiger partial charge in [0.15, 0.2) is 0 Å². The zero-order valence-corrected chi connectivity index (χ0v) is 14.0. The highest BCUT2D eigenvalue weighted by atomic mass is 19.4. The molecular weight excluding hydrogens is 345 g/mol. The van der Waals surface area contributed by atoms with Gasteiger partial charge in [-0.15, -0.1) is 0 Å². The number of carboxylic acids is 1. The molecule has 4 nitrogen and oxygen atoms in total. The lowest BCUT2D eigenvalue weighted by Gasteiger charge is -2.37. The summed E-state index contributed by atoms with van der Waals surface area (Å²) in [4.78, 5) is 17.5. The van der Waals surface area contributed by atoms with E-state index in [0.29, 0.717) is 25.1 Å². The summed E-state index contributed by atoms with van der Waals surface area (Å²) in [6.45, 7) is 1.04. The van der Waals surface area contributed by atoms with E-state index in [0.717, 1.165) is 24.1 Å². The fraction of sp³-hybridized carbons (Fsp3) is 0.368. The molecule has 0 amide bonds. The van der Waals surface area contributed by atoms with Crippen LogP contribution in [0.25, 0.3) is 0 Å². The molecule has 1 saturated heterocycles. The number of aliphatic carboxylic acids is 1. The summed E-state index contributed by atoms with van der Waals surface area (Å²) in [6.07, 6.45) is 0.255. The molecule has 0 radical (unpaired) electrons. The molecule has 138 valence electrons. The standard InChI is InChI=1S/C19H19F3N2O2/c20-19(21,22)16-7-5-13(6-8-16)17(14-3-1-9-23-11-14)24-10-2-4-15(12-24)18(25)26/h1,3,5-9,11,15,17H,2,4,10,12H2,(H,25,26). The lowest BCUT2D eigenvalue weighted by atomic mass is 9.91. The maximum atomic E-state index is 12.9. The third-order valence-corrected chi connectivity index (χ3v) is 4.72. The summed E-state index contributed by atoms with van der Waals surface area (Å²) in [5.74, 6) is -1.32. The van der Waals surface area contributed by atoms with Crippen molar-refractivity contribution in [1.29, 1.82) is 0 Å². The Labute approximate surface area is 149 Å². The molecule has 2 atom stereocenters. The third-order valence-electron chi connectivity index (χ3n) is 4.72. The van der Waals surface area contributed by atoms with Crippen LogP contribution in [0.5, 0.6) is 0 Å². The number of benzene rings is 1. The fourth-order valence-electron chi connectivity index (χ4n) is 3.45. The number of alkyl halides is 3. The first-order chi connectivity index (χ1) is 12.4. The lowest BCUT2D eigenvalue weighted by Crippen LogP contribution is -2.41. The molecule has 1 aliphatic rings. The second kappa shape index (κ2) is 7.45. The van der Waals surface area contributed by atoms with E-state index in [-0.39, 0.29) is 6.04 Å². The predicted molar refractivity (Wildman–Crippen MR) is 89.5 cm³/mol. The molecule has 2 unspecified atom stereocenters. The van der Waals surface area contributed by atoms with Crippen molar-refractivity contribution in [1.82, 2.24) is 9.88 Å². The largest absolute Gasteiger partial charge is 0.481 e. The Hall–Kier alpha value is -2.41. The number of piperidine rings is 1. The van der Waals surface area contributed by atoms with Gasteiger partial charge in [0.2, 0.25) is 0 Å². The molecule has 0 bridgehead atoms. The maximum Gasteiger partial charge on any atom is 0.416 e. The zero-order chi connectivity index (χ0) is 18.7. The van der Waals surface area contributed by atoms with Crippen molar-refractivity contribution in [2.45, 2.75) is 25.1 Å². The minimum atomic E-state index is -4.39. The smallest absolute Gasteiger partial charge is 0.416 e. The average molecular weight is 364 g/mol. The third kappa shape index (κ3) is 4.04.